The summed E-state index contributed by atoms with van der Waals surface area (Å²) in [6.45, 7) is 3.49. The first-order chi connectivity index (χ1) is 9.97. The minimum Gasteiger partial charge on any atom is -0.332 e. The number of halogens is 3. The summed E-state index contributed by atoms with van der Waals surface area (Å²) in [5.74, 6) is -2.50. The third-order valence-electron chi connectivity index (χ3n) is 3.99. The van der Waals surface area contributed by atoms with E-state index in [2.05, 4.69) is 15.3 Å². The lowest BCUT2D eigenvalue weighted by molar-refractivity contribution is 0.0188. The van der Waals surface area contributed by atoms with E-state index in [0.29, 0.717) is 18.1 Å². The molecular formula is C14H17ClF2N4. The van der Waals surface area contributed by atoms with Crippen molar-refractivity contribution in [1.82, 2.24) is 19.9 Å². The molecule has 1 N–H and O–H groups in total. The van der Waals surface area contributed by atoms with Gasteiger partial charge in [0.2, 0.25) is 0 Å². The Labute approximate surface area is 126 Å². The molecule has 4 nitrogen and oxygen atoms in total. The van der Waals surface area contributed by atoms with Crippen LogP contribution in [-0.4, -0.2) is 27.6 Å². The quantitative estimate of drug-likeness (QED) is 0.885. The summed E-state index contributed by atoms with van der Waals surface area (Å²) in [7, 11) is 0. The summed E-state index contributed by atoms with van der Waals surface area (Å²) in [6.07, 6.45) is 4.88. The van der Waals surface area contributed by atoms with Gasteiger partial charge in [0, 0.05) is 19.7 Å². The first-order valence-electron chi connectivity index (χ1n) is 7.05. The topological polar surface area (TPSA) is 42.7 Å². The van der Waals surface area contributed by atoms with Crippen molar-refractivity contribution in [3.05, 3.63) is 23.2 Å². The molecule has 1 fully saturated rings. The maximum absolute atomic E-state index is 13.8. The van der Waals surface area contributed by atoms with E-state index in [0.717, 1.165) is 32.9 Å². The Hall–Kier alpha value is -1.27. The number of aromatic nitrogens is 3. The first-order valence-corrected chi connectivity index (χ1v) is 7.43. The van der Waals surface area contributed by atoms with Gasteiger partial charge in [-0.2, -0.15) is 0 Å². The van der Waals surface area contributed by atoms with E-state index >= 15 is 0 Å². The summed E-state index contributed by atoms with van der Waals surface area (Å²) in [4.78, 5) is 8.00. The van der Waals surface area contributed by atoms with Gasteiger partial charge in [-0.25, -0.2) is 18.7 Å². The smallest absolute Gasteiger partial charge is 0.272 e. The molecule has 0 spiro atoms. The first kappa shape index (κ1) is 14.7. The standard InChI is InChI=1S/C14H17ClF2N4/c1-14(16,17)10-7-21(6-9-2-4-18-5-3-9)13-11(10)12(15)19-8-20-13/h7-9,18H,2-6H2,1H3. The molecule has 0 saturated carbocycles. The van der Waals surface area contributed by atoms with Crippen LogP contribution in [0.15, 0.2) is 12.5 Å². The van der Waals surface area contributed by atoms with Crippen LogP contribution in [0.3, 0.4) is 0 Å². The molecule has 3 rings (SSSR count). The minimum absolute atomic E-state index is 0.0839. The molecule has 0 atom stereocenters. The number of nitrogens with zero attached hydrogens (tertiary/aromatic N) is 3. The summed E-state index contributed by atoms with van der Waals surface area (Å²) in [5, 5.41) is 3.65. The summed E-state index contributed by atoms with van der Waals surface area (Å²) >= 11 is 6.02. The second-order valence-corrected chi connectivity index (χ2v) is 6.00. The van der Waals surface area contributed by atoms with Gasteiger partial charge >= 0.3 is 0 Å². The number of fused-ring (bicyclic) bond motifs is 1. The molecule has 114 valence electrons. The van der Waals surface area contributed by atoms with E-state index < -0.39 is 5.92 Å². The Morgan fingerprint density at radius 1 is 1.38 bits per heavy atom. The second kappa shape index (κ2) is 5.50. The van der Waals surface area contributed by atoms with Crippen LogP contribution in [-0.2, 0) is 12.5 Å². The van der Waals surface area contributed by atoms with Crippen LogP contribution in [0.2, 0.25) is 5.15 Å². The van der Waals surface area contributed by atoms with Crippen LogP contribution in [0.1, 0.15) is 25.3 Å². The molecule has 0 aliphatic carbocycles. The Bertz CT molecular complexity index is 644. The van der Waals surface area contributed by atoms with E-state index in [-0.39, 0.29) is 16.1 Å². The molecule has 1 aliphatic heterocycles. The van der Waals surface area contributed by atoms with Gasteiger partial charge in [-0.1, -0.05) is 11.6 Å². The van der Waals surface area contributed by atoms with Crippen LogP contribution in [0.5, 0.6) is 0 Å². The maximum Gasteiger partial charge on any atom is 0.272 e. The summed E-state index contributed by atoms with van der Waals surface area (Å²) < 4.78 is 29.4. The molecule has 3 heterocycles. The van der Waals surface area contributed by atoms with Crippen molar-refractivity contribution >= 4 is 22.6 Å². The van der Waals surface area contributed by atoms with Gasteiger partial charge in [0.1, 0.15) is 17.1 Å². The molecule has 1 aliphatic rings. The van der Waals surface area contributed by atoms with Crippen molar-refractivity contribution in [1.29, 1.82) is 0 Å². The Kier molecular flexibility index (Phi) is 3.84. The van der Waals surface area contributed by atoms with Crippen molar-refractivity contribution in [3.8, 4) is 0 Å². The van der Waals surface area contributed by atoms with Crippen molar-refractivity contribution in [2.75, 3.05) is 13.1 Å². The molecule has 0 radical (unpaired) electrons. The molecule has 0 bridgehead atoms. The highest BCUT2D eigenvalue weighted by molar-refractivity contribution is 6.34. The van der Waals surface area contributed by atoms with E-state index in [1.807, 2.05) is 0 Å². The van der Waals surface area contributed by atoms with Crippen molar-refractivity contribution in [3.63, 3.8) is 0 Å². The largest absolute Gasteiger partial charge is 0.332 e. The van der Waals surface area contributed by atoms with Crippen LogP contribution < -0.4 is 5.32 Å². The zero-order valence-electron chi connectivity index (χ0n) is 11.7. The highest BCUT2D eigenvalue weighted by Gasteiger charge is 2.31. The fraction of sp³-hybridized carbons (Fsp3) is 0.571. The third kappa shape index (κ3) is 2.87. The lowest BCUT2D eigenvalue weighted by Gasteiger charge is -2.23. The van der Waals surface area contributed by atoms with Gasteiger partial charge < -0.3 is 9.88 Å². The van der Waals surface area contributed by atoms with Crippen LogP contribution in [0, 0.1) is 5.92 Å². The van der Waals surface area contributed by atoms with Crippen LogP contribution in [0.4, 0.5) is 8.78 Å². The predicted octanol–water partition coefficient (Wildman–Crippen LogP) is 3.20. The molecule has 0 aromatic carbocycles. The molecule has 21 heavy (non-hydrogen) atoms. The van der Waals surface area contributed by atoms with Crippen molar-refractivity contribution in [2.24, 2.45) is 5.92 Å². The lowest BCUT2D eigenvalue weighted by Crippen LogP contribution is -2.29. The SMILES string of the molecule is CC(F)(F)c1cn(CC2CCNCC2)c2ncnc(Cl)c12. The summed E-state index contributed by atoms with van der Waals surface area (Å²) in [5.41, 5.74) is 0.391. The maximum atomic E-state index is 13.8. The van der Waals surface area contributed by atoms with Crippen LogP contribution >= 0.6 is 11.6 Å². The number of nitrogens with one attached hydrogen (secondary N) is 1. The van der Waals surface area contributed by atoms with Crippen molar-refractivity contribution < 1.29 is 8.78 Å². The van der Waals surface area contributed by atoms with Gasteiger partial charge in [0.15, 0.2) is 0 Å². The third-order valence-corrected chi connectivity index (χ3v) is 4.28. The fourth-order valence-electron chi connectivity index (χ4n) is 2.90. The number of piperidine rings is 1. The Morgan fingerprint density at radius 2 is 2.10 bits per heavy atom. The molecule has 7 heteroatoms. The highest BCUT2D eigenvalue weighted by atomic mass is 35.5. The molecule has 0 unspecified atom stereocenters. The molecular weight excluding hydrogens is 298 g/mol. The van der Waals surface area contributed by atoms with Gasteiger partial charge in [0.05, 0.1) is 10.9 Å². The molecule has 1 saturated heterocycles. The van der Waals surface area contributed by atoms with E-state index in [1.165, 1.54) is 12.5 Å². The van der Waals surface area contributed by atoms with E-state index in [4.69, 9.17) is 11.6 Å². The lowest BCUT2D eigenvalue weighted by atomic mass is 9.98. The average Bonchev–Trinajstić information content (AvgIpc) is 2.80. The Balaban J connectivity index is 2.04. The average molecular weight is 315 g/mol. The number of alkyl halides is 2. The number of rotatable bonds is 3. The molecule has 2 aromatic rings. The predicted molar refractivity (Wildman–Crippen MR) is 77.7 cm³/mol. The van der Waals surface area contributed by atoms with Gasteiger partial charge in [-0.05, 0) is 31.8 Å². The Morgan fingerprint density at radius 3 is 2.76 bits per heavy atom. The van der Waals surface area contributed by atoms with E-state index in [9.17, 15) is 8.78 Å². The highest BCUT2D eigenvalue weighted by Crippen LogP contribution is 2.37. The van der Waals surface area contributed by atoms with E-state index in [1.54, 1.807) is 4.57 Å². The normalized spacial score (nSPS) is 17.5. The minimum atomic E-state index is -2.97. The summed E-state index contributed by atoms with van der Waals surface area (Å²) in [6, 6.07) is 0. The fourth-order valence-corrected chi connectivity index (χ4v) is 3.13. The van der Waals surface area contributed by atoms with Gasteiger partial charge in [-0.15, -0.1) is 0 Å². The molecule has 2 aromatic heterocycles. The number of hydrogen-bond donors (Lipinski definition) is 1. The zero-order valence-corrected chi connectivity index (χ0v) is 12.5. The van der Waals surface area contributed by atoms with Gasteiger partial charge in [-0.3, -0.25) is 0 Å². The number of hydrogen-bond acceptors (Lipinski definition) is 3. The second-order valence-electron chi connectivity index (χ2n) is 5.64. The zero-order chi connectivity index (χ0) is 15.0. The molecule has 0 amide bonds. The monoisotopic (exact) mass is 314 g/mol. The van der Waals surface area contributed by atoms with Crippen LogP contribution in [0.25, 0.3) is 11.0 Å². The van der Waals surface area contributed by atoms with Crippen molar-refractivity contribution in [2.45, 2.75) is 32.2 Å². The van der Waals surface area contributed by atoms with Gasteiger partial charge in [0.25, 0.3) is 5.92 Å².